The fraction of sp³-hybridized carbons (Fsp3) is 0.786. The largest absolute Gasteiger partial charge is 0.462 e. The van der Waals surface area contributed by atoms with Crippen molar-refractivity contribution in [1.82, 2.24) is 0 Å². The van der Waals surface area contributed by atoms with Gasteiger partial charge in [0.05, 0.1) is 5.92 Å². The highest BCUT2D eigenvalue weighted by Gasteiger charge is 2.49. The summed E-state index contributed by atoms with van der Waals surface area (Å²) in [5.41, 5.74) is 1.51. The Kier molecular flexibility index (Phi) is 3.58. The number of cyclic esters (lactones) is 1. The average molecular weight is 254 g/mol. The van der Waals surface area contributed by atoms with Crippen LogP contribution in [0.15, 0.2) is 11.6 Å². The van der Waals surface area contributed by atoms with E-state index in [1.54, 1.807) is 0 Å². The summed E-state index contributed by atoms with van der Waals surface area (Å²) in [5.74, 6) is 4.18. The van der Waals surface area contributed by atoms with Gasteiger partial charge in [0.2, 0.25) is 0 Å². The van der Waals surface area contributed by atoms with Gasteiger partial charge in [-0.2, -0.15) is 11.8 Å². The van der Waals surface area contributed by atoms with E-state index in [1.807, 2.05) is 11.8 Å². The molecule has 0 radical (unpaired) electrons. The van der Waals surface area contributed by atoms with Crippen LogP contribution in [0.3, 0.4) is 0 Å². The highest BCUT2D eigenvalue weighted by molar-refractivity contribution is 7.99. The maximum Gasteiger partial charge on any atom is 0.313 e. The second kappa shape index (κ2) is 4.68. The third-order valence-electron chi connectivity index (χ3n) is 4.48. The first kappa shape index (κ1) is 13.0. The van der Waals surface area contributed by atoms with Gasteiger partial charge in [-0.05, 0) is 30.9 Å². The molecule has 0 bridgehead atoms. The molecule has 2 heterocycles. The maximum absolute atomic E-state index is 11.8. The SMILES string of the molecule is C.C[C@H]1OC(=O)[C@@H]2C=C3CSCCC3[C@H](C)[C@H]12. The average Bonchev–Trinajstić information content (AvgIpc) is 2.55. The van der Waals surface area contributed by atoms with Crippen LogP contribution >= 0.6 is 11.8 Å². The van der Waals surface area contributed by atoms with Crippen LogP contribution in [0.1, 0.15) is 27.7 Å². The summed E-state index contributed by atoms with van der Waals surface area (Å²) < 4.78 is 5.39. The van der Waals surface area contributed by atoms with E-state index in [0.29, 0.717) is 17.8 Å². The van der Waals surface area contributed by atoms with Gasteiger partial charge in [0, 0.05) is 11.7 Å². The molecule has 0 N–H and O–H groups in total. The van der Waals surface area contributed by atoms with E-state index in [2.05, 4.69) is 19.9 Å². The third kappa shape index (κ3) is 1.92. The molecule has 3 heteroatoms. The Balaban J connectivity index is 0.00000108. The van der Waals surface area contributed by atoms with Crippen molar-refractivity contribution in [3.63, 3.8) is 0 Å². The van der Waals surface area contributed by atoms with Crippen LogP contribution in [0.5, 0.6) is 0 Å². The molecule has 5 atom stereocenters. The Morgan fingerprint density at radius 2 is 2.18 bits per heavy atom. The molecule has 96 valence electrons. The van der Waals surface area contributed by atoms with Gasteiger partial charge in [-0.25, -0.2) is 0 Å². The van der Waals surface area contributed by atoms with Crippen LogP contribution in [-0.4, -0.2) is 23.6 Å². The fourth-order valence-corrected chi connectivity index (χ4v) is 4.80. The summed E-state index contributed by atoms with van der Waals surface area (Å²) in [6.45, 7) is 4.36. The predicted molar refractivity (Wildman–Crippen MR) is 71.9 cm³/mol. The van der Waals surface area contributed by atoms with Crippen LogP contribution < -0.4 is 0 Å². The summed E-state index contributed by atoms with van der Waals surface area (Å²) in [7, 11) is 0. The molecule has 2 nitrogen and oxygen atoms in total. The van der Waals surface area contributed by atoms with Crippen LogP contribution in [0.2, 0.25) is 0 Å². The quantitative estimate of drug-likeness (QED) is 0.491. The van der Waals surface area contributed by atoms with Gasteiger partial charge in [-0.15, -0.1) is 0 Å². The molecule has 1 unspecified atom stereocenters. The Morgan fingerprint density at radius 3 is 2.94 bits per heavy atom. The normalized spacial score (nSPS) is 44.0. The molecular weight excluding hydrogens is 232 g/mol. The van der Waals surface area contributed by atoms with Crippen molar-refractivity contribution < 1.29 is 9.53 Å². The maximum atomic E-state index is 11.8. The number of esters is 1. The smallest absolute Gasteiger partial charge is 0.313 e. The number of ether oxygens (including phenoxy) is 1. The standard InChI is InChI=1S/C13H18O2S.CH4/c1-7-10-3-4-16-6-9(10)5-11-12(7)8(2)15-13(11)14;/h5,7-8,10-12H,3-4,6H2,1-2H3;1H4/t7-,8+,10?,11+,12+;/m0./s1. The summed E-state index contributed by atoms with van der Waals surface area (Å²) >= 11 is 2.00. The van der Waals surface area contributed by atoms with Gasteiger partial charge in [-0.1, -0.05) is 26.0 Å². The van der Waals surface area contributed by atoms with E-state index in [1.165, 1.54) is 17.7 Å². The van der Waals surface area contributed by atoms with E-state index in [4.69, 9.17) is 4.74 Å². The molecule has 0 saturated carbocycles. The van der Waals surface area contributed by atoms with Gasteiger partial charge in [-0.3, -0.25) is 4.79 Å². The minimum absolute atomic E-state index is 0. The highest BCUT2D eigenvalue weighted by Crippen LogP contribution is 2.48. The van der Waals surface area contributed by atoms with E-state index in [0.717, 1.165) is 5.75 Å². The van der Waals surface area contributed by atoms with E-state index < -0.39 is 0 Å². The molecule has 0 aromatic rings. The molecule has 17 heavy (non-hydrogen) atoms. The van der Waals surface area contributed by atoms with Crippen molar-refractivity contribution >= 4 is 17.7 Å². The number of rotatable bonds is 0. The third-order valence-corrected chi connectivity index (χ3v) is 5.55. The molecule has 2 saturated heterocycles. The fourth-order valence-electron chi connectivity index (χ4n) is 3.69. The second-order valence-corrected chi connectivity index (χ2v) is 6.40. The first-order valence-corrected chi connectivity index (χ1v) is 7.33. The van der Waals surface area contributed by atoms with Crippen molar-refractivity contribution in [2.75, 3.05) is 11.5 Å². The lowest BCUT2D eigenvalue weighted by atomic mass is 9.66. The zero-order chi connectivity index (χ0) is 11.3. The topological polar surface area (TPSA) is 26.3 Å². The lowest BCUT2D eigenvalue weighted by Gasteiger charge is -2.39. The first-order chi connectivity index (χ1) is 7.68. The molecule has 2 fully saturated rings. The zero-order valence-electron chi connectivity index (χ0n) is 9.81. The molecule has 3 rings (SSSR count). The highest BCUT2D eigenvalue weighted by atomic mass is 32.2. The number of carbonyl (C=O) groups excluding carboxylic acids is 1. The van der Waals surface area contributed by atoms with E-state index >= 15 is 0 Å². The number of hydrogen-bond acceptors (Lipinski definition) is 3. The molecular formula is C14H22O2S. The van der Waals surface area contributed by atoms with Crippen LogP contribution in [0.25, 0.3) is 0 Å². The minimum Gasteiger partial charge on any atom is -0.462 e. The molecule has 0 aromatic heterocycles. The Morgan fingerprint density at radius 1 is 1.41 bits per heavy atom. The minimum atomic E-state index is 0. The number of hydrogen-bond donors (Lipinski definition) is 0. The number of thioether (sulfide) groups is 1. The zero-order valence-corrected chi connectivity index (χ0v) is 10.6. The van der Waals surface area contributed by atoms with Crippen molar-refractivity contribution in [3.05, 3.63) is 11.6 Å². The molecule has 2 aliphatic heterocycles. The Labute approximate surface area is 108 Å². The van der Waals surface area contributed by atoms with Gasteiger partial charge in [0.1, 0.15) is 6.10 Å². The summed E-state index contributed by atoms with van der Waals surface area (Å²) in [6.07, 6.45) is 3.62. The molecule has 0 aromatic carbocycles. The van der Waals surface area contributed by atoms with Crippen LogP contribution in [0.4, 0.5) is 0 Å². The Hall–Kier alpha value is -0.440. The van der Waals surface area contributed by atoms with Gasteiger partial charge in [0.15, 0.2) is 0 Å². The number of carbonyl (C=O) groups is 1. The van der Waals surface area contributed by atoms with Gasteiger partial charge in [0.25, 0.3) is 0 Å². The lowest BCUT2D eigenvalue weighted by Crippen LogP contribution is -2.37. The molecule has 1 aliphatic carbocycles. The monoisotopic (exact) mass is 254 g/mol. The van der Waals surface area contributed by atoms with Crippen molar-refractivity contribution in [2.45, 2.75) is 33.8 Å². The first-order valence-electron chi connectivity index (χ1n) is 6.17. The van der Waals surface area contributed by atoms with Crippen molar-refractivity contribution in [3.8, 4) is 0 Å². The van der Waals surface area contributed by atoms with Crippen LogP contribution in [-0.2, 0) is 9.53 Å². The lowest BCUT2D eigenvalue weighted by molar-refractivity contribution is -0.142. The number of fused-ring (bicyclic) bond motifs is 2. The van der Waals surface area contributed by atoms with E-state index in [-0.39, 0.29) is 25.4 Å². The van der Waals surface area contributed by atoms with Gasteiger partial charge < -0.3 is 4.74 Å². The second-order valence-electron chi connectivity index (χ2n) is 5.29. The van der Waals surface area contributed by atoms with Crippen molar-refractivity contribution in [1.29, 1.82) is 0 Å². The molecule has 3 aliphatic rings. The summed E-state index contributed by atoms with van der Waals surface area (Å²) in [5, 5.41) is 0. The Bertz CT molecular complexity index is 350. The predicted octanol–water partition coefficient (Wildman–Crippen LogP) is 3.13. The van der Waals surface area contributed by atoms with Crippen LogP contribution in [0, 0.1) is 23.7 Å². The van der Waals surface area contributed by atoms with E-state index in [9.17, 15) is 4.79 Å². The molecule has 0 amide bonds. The summed E-state index contributed by atoms with van der Waals surface area (Å²) in [4.78, 5) is 11.8. The van der Waals surface area contributed by atoms with Gasteiger partial charge >= 0.3 is 5.97 Å². The van der Waals surface area contributed by atoms with Crippen molar-refractivity contribution in [2.24, 2.45) is 23.7 Å². The summed E-state index contributed by atoms with van der Waals surface area (Å²) in [6, 6.07) is 0. The molecule has 0 spiro atoms.